The molecule has 1 aromatic heterocycles. The van der Waals surface area contributed by atoms with Crippen LogP contribution in [0.15, 0.2) is 30.6 Å². The average Bonchev–Trinajstić information content (AvgIpc) is 3.15. The van der Waals surface area contributed by atoms with Crippen LogP contribution in [0.5, 0.6) is 0 Å². The van der Waals surface area contributed by atoms with Crippen LogP contribution in [0.3, 0.4) is 0 Å². The molecule has 1 atom stereocenters. The van der Waals surface area contributed by atoms with Crippen LogP contribution in [0, 0.1) is 0 Å². The summed E-state index contributed by atoms with van der Waals surface area (Å²) >= 11 is 0. The summed E-state index contributed by atoms with van der Waals surface area (Å²) in [6.07, 6.45) is 38.8. The van der Waals surface area contributed by atoms with Crippen LogP contribution in [0.4, 0.5) is 0 Å². The van der Waals surface area contributed by atoms with E-state index in [9.17, 15) is 14.4 Å². The maximum Gasteiger partial charge on any atom is 0.328 e. The molecule has 2 N–H and O–H groups in total. The molecule has 7 heteroatoms. The predicted octanol–water partition coefficient (Wildman–Crippen LogP) is 11.3. The van der Waals surface area contributed by atoms with Gasteiger partial charge in [-0.25, -0.2) is 9.36 Å². The summed E-state index contributed by atoms with van der Waals surface area (Å²) in [6.45, 7) is 6.60. The fourth-order valence-corrected chi connectivity index (χ4v) is 6.81. The summed E-state index contributed by atoms with van der Waals surface area (Å²) < 4.78 is 7.92. The summed E-state index contributed by atoms with van der Waals surface area (Å²) in [5.41, 5.74) is 0. The number of aromatic nitrogens is 1. The highest BCUT2D eigenvalue weighted by molar-refractivity contribution is 5.84. The molecule has 0 fully saturated rings. The van der Waals surface area contributed by atoms with Crippen LogP contribution in [-0.4, -0.2) is 37.0 Å². The van der Waals surface area contributed by atoms with E-state index in [-0.39, 0.29) is 17.8 Å². The number of unbranched alkanes of at least 4 members (excludes halogenated alkanes) is 24. The van der Waals surface area contributed by atoms with E-state index in [1.165, 1.54) is 128 Å². The Labute approximate surface area is 320 Å². The lowest BCUT2D eigenvalue weighted by Crippen LogP contribution is -2.42. The third kappa shape index (κ3) is 31.1. The van der Waals surface area contributed by atoms with Crippen molar-refractivity contribution in [3.05, 3.63) is 30.6 Å². The van der Waals surface area contributed by atoms with Crippen molar-refractivity contribution in [1.82, 2.24) is 10.6 Å². The fourth-order valence-electron chi connectivity index (χ4n) is 6.81. The number of nitrogens with zero attached hydrogens (tertiary/aromatic N) is 1. The van der Waals surface area contributed by atoms with E-state index in [0.717, 1.165) is 57.9 Å². The van der Waals surface area contributed by atoms with E-state index < -0.39 is 6.04 Å². The molecule has 0 aliphatic rings. The SMILES string of the molecule is CCCCCCCCCCCC(=O)NCCCCC(NC(=O)CCCCCCCCCC)C(=O)OCCCCCCCCCCC[n+]1ccccc1. The van der Waals surface area contributed by atoms with Crippen molar-refractivity contribution in [3.63, 3.8) is 0 Å². The van der Waals surface area contributed by atoms with E-state index >= 15 is 0 Å². The number of pyridine rings is 1. The number of aryl methyl sites for hydroxylation is 1. The monoisotopic (exact) mass is 729 g/mol. The third-order valence-corrected chi connectivity index (χ3v) is 10.2. The summed E-state index contributed by atoms with van der Waals surface area (Å²) in [5.74, 6) is -0.246. The average molecular weight is 729 g/mol. The van der Waals surface area contributed by atoms with Crippen LogP contribution in [0.2, 0.25) is 0 Å². The smallest absolute Gasteiger partial charge is 0.328 e. The Morgan fingerprint density at radius 1 is 0.519 bits per heavy atom. The van der Waals surface area contributed by atoms with Crippen molar-refractivity contribution in [2.45, 2.75) is 225 Å². The standard InChI is InChI=1S/C45H81N3O4/c1-3-5-7-9-11-14-18-21-26-35-43(49)46-37-29-28-34-42(47-44(50)36-27-22-17-12-10-8-6-4-2)45(51)52-41-33-24-20-16-13-15-19-23-30-38-48-39-31-25-32-40-48/h25,31-32,39-40,42H,3-24,26-30,33-38,41H2,1-2H3,(H-,46,47,49,50)/p+1. The second-order valence-electron chi connectivity index (χ2n) is 15.2. The van der Waals surface area contributed by atoms with Crippen molar-refractivity contribution >= 4 is 17.8 Å². The molecule has 0 aromatic carbocycles. The number of hydrogen-bond donors (Lipinski definition) is 2. The van der Waals surface area contributed by atoms with Gasteiger partial charge in [0.15, 0.2) is 12.4 Å². The molecule has 1 unspecified atom stereocenters. The van der Waals surface area contributed by atoms with Gasteiger partial charge in [-0.3, -0.25) is 9.59 Å². The molecule has 0 saturated heterocycles. The van der Waals surface area contributed by atoms with Gasteiger partial charge in [0.05, 0.1) is 6.61 Å². The highest BCUT2D eigenvalue weighted by Gasteiger charge is 2.22. The topological polar surface area (TPSA) is 88.4 Å². The summed E-state index contributed by atoms with van der Waals surface area (Å²) in [6, 6.07) is 5.62. The number of esters is 1. The molecule has 0 aliphatic heterocycles. The fraction of sp³-hybridized carbons (Fsp3) is 0.822. The van der Waals surface area contributed by atoms with E-state index in [1.54, 1.807) is 0 Å². The molecule has 1 aromatic rings. The number of carbonyl (C=O) groups excluding carboxylic acids is 3. The van der Waals surface area contributed by atoms with Gasteiger partial charge in [0.2, 0.25) is 11.8 Å². The molecule has 2 amide bonds. The van der Waals surface area contributed by atoms with Gasteiger partial charge in [-0.1, -0.05) is 155 Å². The zero-order valence-electron chi connectivity index (χ0n) is 34.1. The maximum atomic E-state index is 13.1. The molecule has 1 rings (SSSR count). The second-order valence-corrected chi connectivity index (χ2v) is 15.2. The number of hydrogen-bond acceptors (Lipinski definition) is 4. The minimum Gasteiger partial charge on any atom is -0.464 e. The largest absolute Gasteiger partial charge is 0.464 e. The number of rotatable bonds is 38. The Morgan fingerprint density at radius 3 is 1.52 bits per heavy atom. The first-order valence-corrected chi connectivity index (χ1v) is 22.2. The van der Waals surface area contributed by atoms with E-state index in [4.69, 9.17) is 4.74 Å². The van der Waals surface area contributed by atoms with Gasteiger partial charge >= 0.3 is 5.97 Å². The van der Waals surface area contributed by atoms with Crippen molar-refractivity contribution in [2.75, 3.05) is 13.2 Å². The molecule has 1 heterocycles. The van der Waals surface area contributed by atoms with Gasteiger partial charge in [-0.2, -0.15) is 0 Å². The Hall–Kier alpha value is -2.44. The molecular weight excluding hydrogens is 647 g/mol. The minimum absolute atomic E-state index is 0.0546. The van der Waals surface area contributed by atoms with Crippen LogP contribution in [0.25, 0.3) is 0 Å². The second kappa shape index (κ2) is 36.9. The van der Waals surface area contributed by atoms with Gasteiger partial charge in [-0.15, -0.1) is 0 Å². The normalized spacial score (nSPS) is 11.7. The van der Waals surface area contributed by atoms with Crippen LogP contribution >= 0.6 is 0 Å². The van der Waals surface area contributed by atoms with Crippen LogP contribution < -0.4 is 15.2 Å². The molecule has 0 radical (unpaired) electrons. The number of amides is 2. The third-order valence-electron chi connectivity index (χ3n) is 10.2. The van der Waals surface area contributed by atoms with E-state index in [2.05, 4.69) is 59.6 Å². The quantitative estimate of drug-likeness (QED) is 0.0403. The first-order chi connectivity index (χ1) is 25.6. The van der Waals surface area contributed by atoms with Crippen LogP contribution in [-0.2, 0) is 25.7 Å². The first kappa shape index (κ1) is 47.6. The van der Waals surface area contributed by atoms with Gasteiger partial charge in [0, 0.05) is 37.9 Å². The Bertz CT molecular complexity index is 957. The number of ether oxygens (including phenoxy) is 1. The highest BCUT2D eigenvalue weighted by Crippen LogP contribution is 2.13. The summed E-state index contributed by atoms with van der Waals surface area (Å²) in [4.78, 5) is 38.1. The molecule has 0 aliphatic carbocycles. The van der Waals surface area contributed by atoms with Crippen LogP contribution in [0.1, 0.15) is 213 Å². The maximum absolute atomic E-state index is 13.1. The van der Waals surface area contributed by atoms with Gasteiger partial charge in [-0.05, 0) is 44.9 Å². The molecular formula is C45H82N3O4+. The number of carbonyl (C=O) groups is 3. The Balaban J connectivity index is 2.24. The lowest BCUT2D eigenvalue weighted by molar-refractivity contribution is -0.697. The van der Waals surface area contributed by atoms with Crippen molar-refractivity contribution in [1.29, 1.82) is 0 Å². The van der Waals surface area contributed by atoms with Crippen molar-refractivity contribution in [2.24, 2.45) is 0 Å². The molecule has 0 bridgehead atoms. The molecule has 52 heavy (non-hydrogen) atoms. The Kier molecular flexibility index (Phi) is 33.8. The zero-order chi connectivity index (χ0) is 37.6. The lowest BCUT2D eigenvalue weighted by atomic mass is 10.1. The molecule has 0 spiro atoms. The van der Waals surface area contributed by atoms with Crippen molar-refractivity contribution < 1.29 is 23.7 Å². The number of nitrogens with one attached hydrogen (secondary N) is 2. The summed E-state index contributed by atoms with van der Waals surface area (Å²) in [7, 11) is 0. The molecule has 7 nitrogen and oxygen atoms in total. The van der Waals surface area contributed by atoms with E-state index in [1.807, 2.05) is 0 Å². The molecule has 300 valence electrons. The first-order valence-electron chi connectivity index (χ1n) is 22.2. The van der Waals surface area contributed by atoms with Gasteiger partial charge in [0.25, 0.3) is 0 Å². The Morgan fingerprint density at radius 2 is 0.981 bits per heavy atom. The lowest BCUT2D eigenvalue weighted by Gasteiger charge is -2.18. The van der Waals surface area contributed by atoms with Gasteiger partial charge < -0.3 is 15.4 Å². The van der Waals surface area contributed by atoms with Gasteiger partial charge in [0.1, 0.15) is 12.6 Å². The molecule has 0 saturated carbocycles. The van der Waals surface area contributed by atoms with E-state index in [0.29, 0.717) is 32.4 Å². The summed E-state index contributed by atoms with van der Waals surface area (Å²) in [5, 5.41) is 6.04. The zero-order valence-corrected chi connectivity index (χ0v) is 34.1. The minimum atomic E-state index is -0.612. The highest BCUT2D eigenvalue weighted by atomic mass is 16.5. The predicted molar refractivity (Wildman–Crippen MR) is 217 cm³/mol. The van der Waals surface area contributed by atoms with Crippen molar-refractivity contribution in [3.8, 4) is 0 Å².